The molecular formula is C16H13N3O2S. The van der Waals surface area contributed by atoms with Crippen molar-refractivity contribution >= 4 is 33.3 Å². The van der Waals surface area contributed by atoms with Gasteiger partial charge in [0.15, 0.2) is 5.13 Å². The number of benzene rings is 1. The number of nitrogens with one attached hydrogen (secondary N) is 1. The normalized spacial score (nSPS) is 13.8. The van der Waals surface area contributed by atoms with E-state index in [4.69, 9.17) is 4.74 Å². The fourth-order valence-corrected chi connectivity index (χ4v) is 3.37. The zero-order chi connectivity index (χ0) is 14.9. The summed E-state index contributed by atoms with van der Waals surface area (Å²) in [7, 11) is 0. The van der Waals surface area contributed by atoms with E-state index < -0.39 is 0 Å². The summed E-state index contributed by atoms with van der Waals surface area (Å²) in [5.41, 5.74) is 2.23. The zero-order valence-corrected chi connectivity index (χ0v) is 12.5. The van der Waals surface area contributed by atoms with E-state index in [1.807, 2.05) is 30.3 Å². The average Bonchev–Trinajstić information content (AvgIpc) is 2.96. The lowest BCUT2D eigenvalue weighted by Crippen LogP contribution is -2.13. The van der Waals surface area contributed by atoms with Crippen LogP contribution in [0.2, 0.25) is 0 Å². The fraction of sp³-hybridized carbons (Fsp3) is 0.188. The van der Waals surface area contributed by atoms with Crippen molar-refractivity contribution < 1.29 is 9.53 Å². The van der Waals surface area contributed by atoms with Gasteiger partial charge in [-0.15, -0.1) is 0 Å². The van der Waals surface area contributed by atoms with Crippen LogP contribution in [0.3, 0.4) is 0 Å². The number of hydrogen-bond acceptors (Lipinski definition) is 5. The summed E-state index contributed by atoms with van der Waals surface area (Å²) in [6, 6.07) is 11.4. The molecule has 0 radical (unpaired) electrons. The highest BCUT2D eigenvalue weighted by Gasteiger charge is 2.17. The molecule has 0 saturated carbocycles. The van der Waals surface area contributed by atoms with Gasteiger partial charge in [-0.05, 0) is 12.1 Å². The number of nitrogens with zero attached hydrogens (tertiary/aromatic N) is 2. The zero-order valence-electron chi connectivity index (χ0n) is 11.7. The molecular weight excluding hydrogens is 298 g/mol. The van der Waals surface area contributed by atoms with Gasteiger partial charge >= 0.3 is 0 Å². The molecule has 5 nitrogen and oxygen atoms in total. The molecule has 6 heteroatoms. The number of amides is 1. The van der Waals surface area contributed by atoms with E-state index in [0.717, 1.165) is 27.9 Å². The number of thiazole rings is 1. The van der Waals surface area contributed by atoms with E-state index >= 15 is 0 Å². The number of carbonyl (C=O) groups excluding carboxylic acids is 1. The molecule has 3 aromatic rings. The van der Waals surface area contributed by atoms with Crippen molar-refractivity contribution in [1.29, 1.82) is 0 Å². The minimum Gasteiger partial charge on any atom is -0.375 e. The molecule has 1 aliphatic heterocycles. The predicted octanol–water partition coefficient (Wildman–Crippen LogP) is 3.02. The van der Waals surface area contributed by atoms with E-state index in [1.165, 1.54) is 11.3 Å². The third kappa shape index (κ3) is 2.47. The SMILES string of the molecule is O=C(Nc1nc2c(s1)COCC2)c1ccc2ccccc2n1. The Morgan fingerprint density at radius 3 is 3.00 bits per heavy atom. The standard InChI is InChI=1S/C16H13N3O2S/c20-15(13-6-5-10-3-1-2-4-11(10)17-13)19-16-18-12-7-8-21-9-14(12)22-16/h1-6H,7-9H2,(H,18,19,20). The van der Waals surface area contributed by atoms with Gasteiger partial charge in [0.2, 0.25) is 0 Å². The molecule has 110 valence electrons. The molecule has 1 aromatic carbocycles. The molecule has 0 saturated heterocycles. The largest absolute Gasteiger partial charge is 0.375 e. The first-order valence-electron chi connectivity index (χ1n) is 7.03. The Morgan fingerprint density at radius 2 is 2.09 bits per heavy atom. The van der Waals surface area contributed by atoms with Gasteiger partial charge in [0.05, 0.1) is 29.3 Å². The Balaban J connectivity index is 1.59. The highest BCUT2D eigenvalue weighted by molar-refractivity contribution is 7.15. The highest BCUT2D eigenvalue weighted by Crippen LogP contribution is 2.27. The monoisotopic (exact) mass is 311 g/mol. The maximum atomic E-state index is 12.3. The minimum absolute atomic E-state index is 0.238. The lowest BCUT2D eigenvalue weighted by atomic mass is 10.2. The van der Waals surface area contributed by atoms with Crippen LogP contribution in [0.5, 0.6) is 0 Å². The molecule has 0 unspecified atom stereocenters. The van der Waals surface area contributed by atoms with E-state index in [2.05, 4.69) is 15.3 Å². The number of para-hydroxylation sites is 1. The summed E-state index contributed by atoms with van der Waals surface area (Å²) < 4.78 is 5.39. The predicted molar refractivity (Wildman–Crippen MR) is 85.2 cm³/mol. The van der Waals surface area contributed by atoms with Crippen LogP contribution in [0.15, 0.2) is 36.4 Å². The highest BCUT2D eigenvalue weighted by atomic mass is 32.1. The van der Waals surface area contributed by atoms with Gasteiger partial charge in [-0.25, -0.2) is 9.97 Å². The third-order valence-corrected chi connectivity index (χ3v) is 4.53. The van der Waals surface area contributed by atoms with Crippen LogP contribution < -0.4 is 5.32 Å². The molecule has 2 aromatic heterocycles. The second-order valence-electron chi connectivity index (χ2n) is 5.03. The number of aromatic nitrogens is 2. The first-order valence-corrected chi connectivity index (χ1v) is 7.85. The topological polar surface area (TPSA) is 64.1 Å². The van der Waals surface area contributed by atoms with Gasteiger partial charge in [0, 0.05) is 11.8 Å². The molecule has 0 aliphatic carbocycles. The van der Waals surface area contributed by atoms with Gasteiger partial charge in [0.1, 0.15) is 5.69 Å². The molecule has 1 amide bonds. The van der Waals surface area contributed by atoms with Crippen molar-refractivity contribution in [2.45, 2.75) is 13.0 Å². The second kappa shape index (κ2) is 5.47. The minimum atomic E-state index is -0.238. The molecule has 0 fully saturated rings. The summed E-state index contributed by atoms with van der Waals surface area (Å²) in [5, 5.41) is 4.45. The molecule has 22 heavy (non-hydrogen) atoms. The van der Waals surface area contributed by atoms with Crippen molar-refractivity contribution in [1.82, 2.24) is 9.97 Å². The van der Waals surface area contributed by atoms with Crippen LogP contribution in [0.1, 0.15) is 21.1 Å². The van der Waals surface area contributed by atoms with E-state index in [9.17, 15) is 4.79 Å². The first-order chi connectivity index (χ1) is 10.8. The van der Waals surface area contributed by atoms with Crippen LogP contribution in [0.4, 0.5) is 5.13 Å². The fourth-order valence-electron chi connectivity index (χ4n) is 2.43. The second-order valence-corrected chi connectivity index (χ2v) is 6.12. The smallest absolute Gasteiger partial charge is 0.276 e. The molecule has 0 atom stereocenters. The average molecular weight is 311 g/mol. The first kappa shape index (κ1) is 13.4. The maximum absolute atomic E-state index is 12.3. The number of carbonyl (C=O) groups is 1. The van der Waals surface area contributed by atoms with Gasteiger partial charge in [0.25, 0.3) is 5.91 Å². The Labute approximate surface area is 131 Å². The molecule has 3 heterocycles. The van der Waals surface area contributed by atoms with Crippen molar-refractivity contribution in [3.05, 3.63) is 52.7 Å². The summed E-state index contributed by atoms with van der Waals surface area (Å²) in [6.07, 6.45) is 0.802. The van der Waals surface area contributed by atoms with Crippen molar-refractivity contribution in [2.24, 2.45) is 0 Å². The number of fused-ring (bicyclic) bond motifs is 2. The van der Waals surface area contributed by atoms with Gasteiger partial charge in [-0.2, -0.15) is 0 Å². The number of ether oxygens (including phenoxy) is 1. The van der Waals surface area contributed by atoms with E-state index in [0.29, 0.717) is 24.0 Å². The van der Waals surface area contributed by atoms with Crippen molar-refractivity contribution in [2.75, 3.05) is 11.9 Å². The van der Waals surface area contributed by atoms with Crippen LogP contribution in [0.25, 0.3) is 10.9 Å². The quantitative estimate of drug-likeness (QED) is 0.790. The summed E-state index contributed by atoms with van der Waals surface area (Å²) in [5.74, 6) is -0.238. The van der Waals surface area contributed by atoms with Gasteiger partial charge < -0.3 is 4.74 Å². The Hall–Kier alpha value is -2.31. The lowest BCUT2D eigenvalue weighted by Gasteiger charge is -2.08. The van der Waals surface area contributed by atoms with Gasteiger partial charge in [-0.1, -0.05) is 35.6 Å². The molecule has 4 rings (SSSR count). The van der Waals surface area contributed by atoms with E-state index in [-0.39, 0.29) is 5.91 Å². The Bertz CT molecular complexity index is 836. The number of anilines is 1. The van der Waals surface area contributed by atoms with Crippen molar-refractivity contribution in [3.63, 3.8) is 0 Å². The van der Waals surface area contributed by atoms with Crippen LogP contribution >= 0.6 is 11.3 Å². The molecule has 0 spiro atoms. The number of rotatable bonds is 2. The summed E-state index contributed by atoms with van der Waals surface area (Å²) in [6.45, 7) is 1.27. The van der Waals surface area contributed by atoms with Gasteiger partial charge in [-0.3, -0.25) is 10.1 Å². The maximum Gasteiger partial charge on any atom is 0.276 e. The molecule has 1 aliphatic rings. The summed E-state index contributed by atoms with van der Waals surface area (Å²) >= 11 is 1.47. The van der Waals surface area contributed by atoms with Crippen molar-refractivity contribution in [3.8, 4) is 0 Å². The van der Waals surface area contributed by atoms with Crippen LogP contribution in [-0.2, 0) is 17.8 Å². The summed E-state index contributed by atoms with van der Waals surface area (Å²) in [4.78, 5) is 22.3. The molecule has 0 bridgehead atoms. The van der Waals surface area contributed by atoms with E-state index in [1.54, 1.807) is 6.07 Å². The number of pyridine rings is 1. The van der Waals surface area contributed by atoms with Crippen LogP contribution in [-0.4, -0.2) is 22.5 Å². The Kier molecular flexibility index (Phi) is 3.32. The lowest BCUT2D eigenvalue weighted by molar-refractivity contribution is 0.102. The molecule has 1 N–H and O–H groups in total. The third-order valence-electron chi connectivity index (χ3n) is 3.55. The number of hydrogen-bond donors (Lipinski definition) is 1. The Morgan fingerprint density at radius 1 is 1.18 bits per heavy atom. The van der Waals surface area contributed by atoms with Crippen LogP contribution in [0, 0.1) is 0 Å².